The van der Waals surface area contributed by atoms with Crippen molar-refractivity contribution in [1.82, 2.24) is 15.6 Å². The van der Waals surface area contributed by atoms with Gasteiger partial charge in [0.25, 0.3) is 0 Å². The van der Waals surface area contributed by atoms with Crippen molar-refractivity contribution in [3.63, 3.8) is 0 Å². The first-order valence-corrected chi connectivity index (χ1v) is 14.6. The quantitative estimate of drug-likeness (QED) is 0.370. The van der Waals surface area contributed by atoms with Crippen LogP contribution < -0.4 is 15.5 Å². The van der Waals surface area contributed by atoms with E-state index < -0.39 is 69.6 Å². The first kappa shape index (κ1) is 28.6. The van der Waals surface area contributed by atoms with E-state index in [1.807, 2.05) is 0 Å². The first-order chi connectivity index (χ1) is 18.4. The Bertz CT molecular complexity index is 1320. The number of pyridine rings is 1. The van der Waals surface area contributed by atoms with Crippen molar-refractivity contribution in [2.24, 2.45) is 11.8 Å². The zero-order valence-electron chi connectivity index (χ0n) is 20.8. The van der Waals surface area contributed by atoms with E-state index in [2.05, 4.69) is 15.6 Å². The number of halogens is 8. The highest BCUT2D eigenvalue weighted by Crippen LogP contribution is 3.02. The lowest BCUT2D eigenvalue weighted by Crippen LogP contribution is -2.52. The van der Waals surface area contributed by atoms with Crippen molar-refractivity contribution in [2.45, 2.75) is 61.0 Å². The van der Waals surface area contributed by atoms with Gasteiger partial charge in [0.1, 0.15) is 16.8 Å². The van der Waals surface area contributed by atoms with E-state index in [1.54, 1.807) is 0 Å². The number of aromatic nitrogens is 1. The summed E-state index contributed by atoms with van der Waals surface area (Å²) in [5.74, 6) is -5.32. The summed E-state index contributed by atoms with van der Waals surface area (Å²) in [5, 5.41) is 5.62. The van der Waals surface area contributed by atoms with Gasteiger partial charge in [0.2, 0.25) is 17.7 Å². The molecule has 3 aliphatic rings. The number of piperidine rings is 1. The van der Waals surface area contributed by atoms with Crippen LogP contribution in [-0.2, 0) is 9.59 Å². The molecule has 2 aromatic rings. The number of alkyl halides is 2. The molecule has 220 valence electrons. The molecular formula is C25H26F8N4O2S. The van der Waals surface area contributed by atoms with Gasteiger partial charge < -0.3 is 10.6 Å². The number of benzene rings is 1. The highest BCUT2D eigenvalue weighted by molar-refractivity contribution is 8.45. The second-order valence-corrected chi connectivity index (χ2v) is 13.1. The third-order valence-electron chi connectivity index (χ3n) is 7.68. The highest BCUT2D eigenvalue weighted by Gasteiger charge is 2.65. The van der Waals surface area contributed by atoms with E-state index in [0.717, 1.165) is 23.4 Å². The fourth-order valence-corrected chi connectivity index (χ4v) is 6.14. The molecule has 1 aliphatic heterocycles. The van der Waals surface area contributed by atoms with Crippen molar-refractivity contribution in [1.29, 1.82) is 0 Å². The standard InChI is InChI=1S/C25H26F8N4O2S/c26-16-9-15(11-34-13-16)22(23(38)36-17-5-7-25(27,28)8-6-17)37(24(39)21-20-10-14(20)12-35-21)18-1-3-19(4-2-18)40(29,30,31,32)33/h1-4,9,11,13-14,17,20-22,35H,5-8,10,12H2,(H,36,38). The fourth-order valence-electron chi connectivity index (χ4n) is 5.49. The molecule has 1 saturated heterocycles. The molecule has 4 atom stereocenters. The molecule has 0 spiro atoms. The molecule has 0 bridgehead atoms. The third kappa shape index (κ3) is 6.04. The molecule has 2 amide bonds. The Morgan fingerprint density at radius 2 is 1.70 bits per heavy atom. The van der Waals surface area contributed by atoms with Crippen molar-refractivity contribution in [3.05, 3.63) is 54.1 Å². The Kier molecular flexibility index (Phi) is 6.45. The van der Waals surface area contributed by atoms with Crippen LogP contribution in [0.5, 0.6) is 0 Å². The molecule has 2 aliphatic carbocycles. The number of hydrogen-bond acceptors (Lipinski definition) is 4. The van der Waals surface area contributed by atoms with Gasteiger partial charge in [-0.15, -0.1) is 0 Å². The Balaban J connectivity index is 1.55. The van der Waals surface area contributed by atoms with E-state index >= 15 is 0 Å². The average Bonchev–Trinajstić information content (AvgIpc) is 3.51. The van der Waals surface area contributed by atoms with Crippen LogP contribution in [0, 0.1) is 17.7 Å². The van der Waals surface area contributed by atoms with E-state index in [0.29, 0.717) is 25.1 Å². The van der Waals surface area contributed by atoms with Crippen molar-refractivity contribution < 1.29 is 42.2 Å². The third-order valence-corrected chi connectivity index (χ3v) is 8.84. The molecule has 6 nitrogen and oxygen atoms in total. The number of rotatable bonds is 7. The average molecular weight is 599 g/mol. The zero-order valence-corrected chi connectivity index (χ0v) is 21.6. The second-order valence-electron chi connectivity index (χ2n) is 10.7. The number of nitrogens with zero attached hydrogens (tertiary/aromatic N) is 2. The lowest BCUT2D eigenvalue weighted by Gasteiger charge is -2.41. The lowest BCUT2D eigenvalue weighted by atomic mass is 9.91. The van der Waals surface area contributed by atoms with Gasteiger partial charge in [-0.2, -0.15) is 0 Å². The predicted molar refractivity (Wildman–Crippen MR) is 131 cm³/mol. The summed E-state index contributed by atoms with van der Waals surface area (Å²) < 4.78 is 109. The van der Waals surface area contributed by atoms with E-state index in [4.69, 9.17) is 0 Å². The molecule has 2 saturated carbocycles. The van der Waals surface area contributed by atoms with Crippen molar-refractivity contribution >= 4 is 27.7 Å². The van der Waals surface area contributed by atoms with Gasteiger partial charge in [-0.25, -0.2) is 13.2 Å². The maximum absolute atomic E-state index is 14.2. The minimum atomic E-state index is -10.0. The molecule has 2 N–H and O–H groups in total. The second kappa shape index (κ2) is 9.03. The molecule has 40 heavy (non-hydrogen) atoms. The lowest BCUT2D eigenvalue weighted by molar-refractivity contribution is -0.128. The number of carbonyl (C=O) groups excluding carboxylic acids is 2. The molecule has 5 rings (SSSR count). The maximum Gasteiger partial charge on any atom is 0.310 e. The van der Waals surface area contributed by atoms with Crippen LogP contribution in [0.4, 0.5) is 38.3 Å². The molecule has 4 unspecified atom stereocenters. The van der Waals surface area contributed by atoms with Gasteiger partial charge in [0.05, 0.1) is 12.2 Å². The van der Waals surface area contributed by atoms with Gasteiger partial charge in [0.15, 0.2) is 0 Å². The van der Waals surface area contributed by atoms with Crippen LogP contribution in [0.25, 0.3) is 0 Å². The molecule has 3 fully saturated rings. The molecule has 1 aromatic heterocycles. The summed E-state index contributed by atoms with van der Waals surface area (Å²) in [5.41, 5.74) is -0.463. The summed E-state index contributed by atoms with van der Waals surface area (Å²) in [7, 11) is -10.0. The van der Waals surface area contributed by atoms with Gasteiger partial charge >= 0.3 is 10.2 Å². The normalized spacial score (nSPS) is 26.6. The van der Waals surface area contributed by atoms with Crippen LogP contribution in [0.15, 0.2) is 47.6 Å². The van der Waals surface area contributed by atoms with Crippen molar-refractivity contribution in [3.8, 4) is 0 Å². The van der Waals surface area contributed by atoms with E-state index in [-0.39, 0.29) is 48.1 Å². The molecule has 15 heteroatoms. The topological polar surface area (TPSA) is 74.3 Å². The maximum atomic E-state index is 14.2. The number of anilines is 1. The number of hydrogen-bond donors (Lipinski definition) is 2. The number of carbonyl (C=O) groups is 2. The van der Waals surface area contributed by atoms with Gasteiger partial charge in [0, 0.05) is 36.3 Å². The van der Waals surface area contributed by atoms with Crippen LogP contribution in [-0.4, -0.2) is 41.3 Å². The Morgan fingerprint density at radius 3 is 2.23 bits per heavy atom. The van der Waals surface area contributed by atoms with Crippen LogP contribution in [0.2, 0.25) is 0 Å². The summed E-state index contributed by atoms with van der Waals surface area (Å²) in [6.45, 7) is 0.493. The molecular weight excluding hydrogens is 572 g/mol. The smallest absolute Gasteiger partial charge is 0.310 e. The number of nitrogens with one attached hydrogen (secondary N) is 2. The summed E-state index contributed by atoms with van der Waals surface area (Å²) in [4.78, 5) is 29.9. The molecule has 0 radical (unpaired) electrons. The summed E-state index contributed by atoms with van der Waals surface area (Å²) in [6, 6.07) is -0.757. The van der Waals surface area contributed by atoms with Crippen LogP contribution in [0.1, 0.15) is 43.7 Å². The highest BCUT2D eigenvalue weighted by atomic mass is 32.5. The Hall–Kier alpha value is -2.94. The Morgan fingerprint density at radius 1 is 1.05 bits per heavy atom. The number of amides is 2. The van der Waals surface area contributed by atoms with Gasteiger partial charge in [-0.1, -0.05) is 19.4 Å². The van der Waals surface area contributed by atoms with Crippen molar-refractivity contribution in [2.75, 3.05) is 11.4 Å². The minimum Gasteiger partial charge on any atom is -0.351 e. The largest absolute Gasteiger partial charge is 0.351 e. The predicted octanol–water partition coefficient (Wildman–Crippen LogP) is 6.25. The SMILES string of the molecule is O=C(NC1CCC(F)(F)CC1)C(c1cncc(F)c1)N(C(=O)C1NCC2CC21)c1ccc(S(F)(F)(F)(F)F)cc1. The monoisotopic (exact) mass is 598 g/mol. The van der Waals surface area contributed by atoms with Crippen LogP contribution >= 0.6 is 10.2 Å². The summed E-state index contributed by atoms with van der Waals surface area (Å²) >= 11 is 0. The fraction of sp³-hybridized carbons (Fsp3) is 0.480. The summed E-state index contributed by atoms with van der Waals surface area (Å²) in [6.07, 6.45) is 1.50. The molecule has 1 aromatic carbocycles. The van der Waals surface area contributed by atoms with Crippen LogP contribution in [0.3, 0.4) is 0 Å². The Labute approximate surface area is 224 Å². The van der Waals surface area contributed by atoms with Gasteiger partial charge in [-0.05, 0) is 68.0 Å². The minimum absolute atomic E-state index is 0.0760. The van der Waals surface area contributed by atoms with Gasteiger partial charge in [-0.3, -0.25) is 19.5 Å². The first-order valence-electron chi connectivity index (χ1n) is 12.6. The van der Waals surface area contributed by atoms with E-state index in [9.17, 15) is 42.2 Å². The zero-order chi connectivity index (χ0) is 29.2. The molecule has 2 heterocycles. The van der Waals surface area contributed by atoms with E-state index in [1.165, 1.54) is 0 Å². The number of fused-ring (bicyclic) bond motifs is 1.